The van der Waals surface area contributed by atoms with Crippen molar-refractivity contribution in [1.82, 2.24) is 18.9 Å². The van der Waals surface area contributed by atoms with Gasteiger partial charge >= 0.3 is 0 Å². The lowest BCUT2D eigenvalue weighted by molar-refractivity contribution is 0.175. The summed E-state index contributed by atoms with van der Waals surface area (Å²) in [5, 5.41) is 0. The molecule has 18 heavy (non-hydrogen) atoms. The highest BCUT2D eigenvalue weighted by molar-refractivity contribution is 6.78. The molecule has 0 aromatic carbocycles. The second-order valence-corrected chi connectivity index (χ2v) is 9.74. The number of piperazine rings is 2. The van der Waals surface area contributed by atoms with Crippen LogP contribution < -0.4 is 0 Å². The van der Waals surface area contributed by atoms with Crippen LogP contribution in [0.3, 0.4) is 0 Å². The minimum Gasteiger partial charge on any atom is -0.306 e. The molecule has 2 saturated heterocycles. The van der Waals surface area contributed by atoms with Crippen LogP contribution in [0.15, 0.2) is 12.3 Å². The molecule has 2 rings (SSSR count). The molecule has 2 aliphatic heterocycles. The first-order valence-electron chi connectivity index (χ1n) is 7.07. The van der Waals surface area contributed by atoms with E-state index in [2.05, 4.69) is 51.9 Å². The summed E-state index contributed by atoms with van der Waals surface area (Å²) < 4.78 is 5.46. The lowest BCUT2D eigenvalue weighted by Gasteiger charge is -2.50. The molecular formula is C13H28N4Si. The molecule has 0 N–H and O–H groups in total. The van der Waals surface area contributed by atoms with Gasteiger partial charge in [0.1, 0.15) is 0 Å². The number of hydrogen-bond acceptors (Lipinski definition) is 4. The van der Waals surface area contributed by atoms with Gasteiger partial charge in [0.2, 0.25) is 8.40 Å². The van der Waals surface area contributed by atoms with Crippen LogP contribution >= 0.6 is 0 Å². The lowest BCUT2D eigenvalue weighted by Crippen LogP contribution is -2.69. The third-order valence-corrected chi connectivity index (χ3v) is 8.90. The summed E-state index contributed by atoms with van der Waals surface area (Å²) in [6.07, 6.45) is 0. The van der Waals surface area contributed by atoms with Crippen molar-refractivity contribution in [2.45, 2.75) is 6.55 Å². The molecule has 5 heteroatoms. The average molecular weight is 268 g/mol. The maximum absolute atomic E-state index is 4.17. The Kier molecular flexibility index (Phi) is 4.61. The van der Waals surface area contributed by atoms with Gasteiger partial charge in [0, 0.05) is 52.4 Å². The van der Waals surface area contributed by atoms with E-state index in [0.717, 1.165) is 0 Å². The van der Waals surface area contributed by atoms with Gasteiger partial charge in [-0.05, 0) is 20.6 Å². The molecule has 2 aliphatic rings. The van der Waals surface area contributed by atoms with Crippen LogP contribution in [-0.4, -0.2) is 93.8 Å². The van der Waals surface area contributed by atoms with E-state index < -0.39 is 8.40 Å². The van der Waals surface area contributed by atoms with Crippen LogP contribution in [0, 0.1) is 0 Å². The topological polar surface area (TPSA) is 13.0 Å². The van der Waals surface area contributed by atoms with Crippen LogP contribution in [0.4, 0.5) is 0 Å². The Labute approximate surface area is 113 Å². The molecule has 2 heterocycles. The fourth-order valence-electron chi connectivity index (χ4n) is 2.98. The quantitative estimate of drug-likeness (QED) is 0.682. The fourth-order valence-corrected chi connectivity index (χ4v) is 6.10. The summed E-state index contributed by atoms with van der Waals surface area (Å²) >= 11 is 0. The van der Waals surface area contributed by atoms with Gasteiger partial charge < -0.3 is 18.9 Å². The van der Waals surface area contributed by atoms with E-state index in [4.69, 9.17) is 0 Å². The molecule has 0 bridgehead atoms. The first-order valence-corrected chi connectivity index (χ1v) is 9.54. The third kappa shape index (κ3) is 2.86. The SMILES string of the molecule is C=C[Si](C)(N1CCN(C)CC1)N1CCN(C)CC1. The molecule has 0 radical (unpaired) electrons. The normalized spacial score (nSPS) is 26.4. The Bertz CT molecular complexity index is 259. The lowest BCUT2D eigenvalue weighted by atomic mass is 10.4. The molecule has 0 spiro atoms. The van der Waals surface area contributed by atoms with E-state index in [-0.39, 0.29) is 0 Å². The Balaban J connectivity index is 2.02. The predicted molar refractivity (Wildman–Crippen MR) is 80.0 cm³/mol. The van der Waals surface area contributed by atoms with Crippen molar-refractivity contribution in [1.29, 1.82) is 0 Å². The van der Waals surface area contributed by atoms with E-state index in [1.807, 2.05) is 0 Å². The second kappa shape index (κ2) is 5.84. The molecule has 0 atom stereocenters. The van der Waals surface area contributed by atoms with Gasteiger partial charge in [0.15, 0.2) is 0 Å². The Morgan fingerprint density at radius 2 is 1.11 bits per heavy atom. The molecule has 0 aromatic rings. The zero-order chi connectivity index (χ0) is 13.2. The first-order chi connectivity index (χ1) is 8.56. The van der Waals surface area contributed by atoms with E-state index in [0.29, 0.717) is 0 Å². The van der Waals surface area contributed by atoms with Crippen LogP contribution in [0.5, 0.6) is 0 Å². The number of nitrogens with zero attached hydrogens (tertiary/aromatic N) is 4. The van der Waals surface area contributed by atoms with Crippen molar-refractivity contribution < 1.29 is 0 Å². The van der Waals surface area contributed by atoms with Crippen LogP contribution in [0.1, 0.15) is 0 Å². The molecule has 0 saturated carbocycles. The summed E-state index contributed by atoms with van der Waals surface area (Å²) in [6, 6.07) is 0. The molecule has 0 unspecified atom stereocenters. The van der Waals surface area contributed by atoms with E-state index in [1.165, 1.54) is 52.4 Å². The van der Waals surface area contributed by atoms with Crippen LogP contribution in [-0.2, 0) is 0 Å². The maximum atomic E-state index is 4.17. The van der Waals surface area contributed by atoms with E-state index >= 15 is 0 Å². The van der Waals surface area contributed by atoms with Crippen molar-refractivity contribution >= 4 is 8.40 Å². The second-order valence-electron chi connectivity index (χ2n) is 5.88. The number of likely N-dealkylation sites (N-methyl/N-ethyl adjacent to an activating group) is 2. The Morgan fingerprint density at radius 1 is 0.778 bits per heavy atom. The molecule has 0 aliphatic carbocycles. The first kappa shape index (κ1) is 14.2. The third-order valence-electron chi connectivity index (χ3n) is 4.67. The van der Waals surface area contributed by atoms with Crippen molar-refractivity contribution in [2.24, 2.45) is 0 Å². The van der Waals surface area contributed by atoms with Crippen LogP contribution in [0.25, 0.3) is 0 Å². The number of rotatable bonds is 3. The van der Waals surface area contributed by atoms with Crippen molar-refractivity contribution in [3.8, 4) is 0 Å². The number of hydrogen-bond donors (Lipinski definition) is 0. The monoisotopic (exact) mass is 268 g/mol. The summed E-state index contributed by atoms with van der Waals surface area (Å²) in [7, 11) is 2.84. The Hall–Kier alpha value is -0.203. The molecule has 2 fully saturated rings. The van der Waals surface area contributed by atoms with Crippen molar-refractivity contribution in [3.63, 3.8) is 0 Å². The zero-order valence-electron chi connectivity index (χ0n) is 12.2. The van der Waals surface area contributed by atoms with Gasteiger partial charge in [-0.25, -0.2) is 0 Å². The smallest absolute Gasteiger partial charge is 0.228 e. The molecule has 0 amide bonds. The maximum Gasteiger partial charge on any atom is 0.228 e. The minimum absolute atomic E-state index is 1.20. The van der Waals surface area contributed by atoms with Gasteiger partial charge in [-0.15, -0.1) is 6.58 Å². The van der Waals surface area contributed by atoms with Gasteiger partial charge in [-0.2, -0.15) is 0 Å². The van der Waals surface area contributed by atoms with Gasteiger partial charge in [0.25, 0.3) is 0 Å². The summed E-state index contributed by atoms with van der Waals surface area (Å²) in [6.45, 7) is 16.3. The summed E-state index contributed by atoms with van der Waals surface area (Å²) in [5.74, 6) is 0. The molecule has 0 aromatic heterocycles. The minimum atomic E-state index is -1.60. The predicted octanol–water partition coefficient (Wildman–Crippen LogP) is 0.278. The van der Waals surface area contributed by atoms with E-state index in [1.54, 1.807) is 0 Å². The molecule has 104 valence electrons. The standard InChI is InChI=1S/C13H28N4Si/c1-5-18(4,16-10-6-14(2)7-11-16)17-12-8-15(3)9-13-17/h5H,1,6-13H2,2-4H3. The van der Waals surface area contributed by atoms with Gasteiger partial charge in [-0.1, -0.05) is 5.70 Å². The highest BCUT2D eigenvalue weighted by atomic mass is 28.3. The average Bonchev–Trinajstić information content (AvgIpc) is 2.39. The fraction of sp³-hybridized carbons (Fsp3) is 0.846. The summed E-state index contributed by atoms with van der Waals surface area (Å²) in [5.41, 5.74) is 2.28. The largest absolute Gasteiger partial charge is 0.306 e. The molecule has 4 nitrogen and oxygen atoms in total. The van der Waals surface area contributed by atoms with Gasteiger partial charge in [0.05, 0.1) is 0 Å². The Morgan fingerprint density at radius 3 is 1.39 bits per heavy atom. The van der Waals surface area contributed by atoms with E-state index in [9.17, 15) is 0 Å². The van der Waals surface area contributed by atoms with Crippen molar-refractivity contribution in [3.05, 3.63) is 12.3 Å². The highest BCUT2D eigenvalue weighted by Crippen LogP contribution is 2.20. The highest BCUT2D eigenvalue weighted by Gasteiger charge is 2.40. The molecular weight excluding hydrogens is 240 g/mol. The zero-order valence-corrected chi connectivity index (χ0v) is 13.2. The van der Waals surface area contributed by atoms with Crippen molar-refractivity contribution in [2.75, 3.05) is 66.5 Å². The van der Waals surface area contributed by atoms with Gasteiger partial charge in [-0.3, -0.25) is 0 Å². The summed E-state index contributed by atoms with van der Waals surface area (Å²) in [4.78, 5) is 4.86. The van der Waals surface area contributed by atoms with Crippen LogP contribution in [0.2, 0.25) is 6.55 Å².